The molecule has 10 heteroatoms. The van der Waals surface area contributed by atoms with Gasteiger partial charge in [-0.15, -0.1) is 11.3 Å². The van der Waals surface area contributed by atoms with Crippen molar-refractivity contribution < 1.29 is 13.6 Å². The molecule has 0 unspecified atom stereocenters. The second-order valence-corrected chi connectivity index (χ2v) is 8.32. The van der Waals surface area contributed by atoms with Crippen LogP contribution in [-0.2, 0) is 13.5 Å². The normalized spacial score (nSPS) is 16.4. The molecule has 5 rings (SSSR count). The monoisotopic (exact) mass is 428 g/mol. The highest BCUT2D eigenvalue weighted by atomic mass is 32.1. The number of aromatic amines is 1. The number of H-pyrrole nitrogens is 1. The summed E-state index contributed by atoms with van der Waals surface area (Å²) in [6.45, 7) is 2.35. The first-order valence-corrected chi connectivity index (χ1v) is 10.3. The Bertz CT molecular complexity index is 1260. The SMILES string of the molecule is Cc1cccc2sc([C@@H]3c4nc[nH]c4CCN3C(=O)c3cnn(C)c3C(F)F)nc12. The first-order chi connectivity index (χ1) is 14.5. The average Bonchev–Trinajstić information content (AvgIpc) is 3.44. The molecule has 154 valence electrons. The lowest BCUT2D eigenvalue weighted by atomic mass is 10.0. The Kier molecular flexibility index (Phi) is 4.39. The van der Waals surface area contributed by atoms with Gasteiger partial charge in [0.25, 0.3) is 12.3 Å². The molecule has 1 aliphatic rings. The number of para-hydroxylation sites is 1. The van der Waals surface area contributed by atoms with Gasteiger partial charge in [0, 0.05) is 25.7 Å². The van der Waals surface area contributed by atoms with Crippen molar-refractivity contribution in [2.24, 2.45) is 7.05 Å². The molecule has 4 heterocycles. The smallest absolute Gasteiger partial charge is 0.280 e. The maximum Gasteiger partial charge on any atom is 0.280 e. The van der Waals surface area contributed by atoms with Crippen molar-refractivity contribution in [1.82, 2.24) is 29.6 Å². The van der Waals surface area contributed by atoms with Gasteiger partial charge in [-0.25, -0.2) is 18.7 Å². The number of thiazole rings is 1. The number of halogens is 2. The highest BCUT2D eigenvalue weighted by Gasteiger charge is 2.38. The molecule has 7 nitrogen and oxygen atoms in total. The number of amides is 1. The van der Waals surface area contributed by atoms with Crippen LogP contribution in [0, 0.1) is 6.92 Å². The zero-order chi connectivity index (χ0) is 21.0. The van der Waals surface area contributed by atoms with E-state index in [4.69, 9.17) is 4.98 Å². The summed E-state index contributed by atoms with van der Waals surface area (Å²) in [6.07, 6.45) is 0.569. The van der Waals surface area contributed by atoms with Gasteiger partial charge in [-0.05, 0) is 18.6 Å². The Hall–Kier alpha value is -3.14. The minimum Gasteiger partial charge on any atom is -0.348 e. The van der Waals surface area contributed by atoms with Gasteiger partial charge in [-0.2, -0.15) is 5.10 Å². The number of hydrogen-bond donors (Lipinski definition) is 1. The van der Waals surface area contributed by atoms with Gasteiger partial charge in [0.2, 0.25) is 0 Å². The number of benzene rings is 1. The topological polar surface area (TPSA) is 79.7 Å². The molecule has 1 atom stereocenters. The first-order valence-electron chi connectivity index (χ1n) is 9.45. The number of hydrogen-bond acceptors (Lipinski definition) is 5. The van der Waals surface area contributed by atoms with E-state index in [1.165, 1.54) is 24.6 Å². The summed E-state index contributed by atoms with van der Waals surface area (Å²) in [5, 5.41) is 4.60. The highest BCUT2D eigenvalue weighted by Crippen LogP contribution is 2.39. The molecule has 0 spiro atoms. The third kappa shape index (κ3) is 2.82. The van der Waals surface area contributed by atoms with Crippen LogP contribution in [-0.4, -0.2) is 42.1 Å². The molecule has 4 aromatic rings. The minimum atomic E-state index is -2.80. The van der Waals surface area contributed by atoms with Crippen molar-refractivity contribution in [2.45, 2.75) is 25.8 Å². The van der Waals surface area contributed by atoms with Crippen molar-refractivity contribution >= 4 is 27.5 Å². The van der Waals surface area contributed by atoms with Gasteiger partial charge in [-0.3, -0.25) is 9.48 Å². The Morgan fingerprint density at radius 3 is 2.97 bits per heavy atom. The van der Waals surface area contributed by atoms with Crippen LogP contribution in [0.5, 0.6) is 0 Å². The molecule has 30 heavy (non-hydrogen) atoms. The lowest BCUT2D eigenvalue weighted by Crippen LogP contribution is -2.41. The van der Waals surface area contributed by atoms with E-state index in [9.17, 15) is 13.6 Å². The maximum atomic E-state index is 13.6. The summed E-state index contributed by atoms with van der Waals surface area (Å²) in [5.41, 5.74) is 3.08. The van der Waals surface area contributed by atoms with Crippen LogP contribution >= 0.6 is 11.3 Å². The summed E-state index contributed by atoms with van der Waals surface area (Å²) in [7, 11) is 1.41. The van der Waals surface area contributed by atoms with E-state index in [1.807, 2.05) is 25.1 Å². The van der Waals surface area contributed by atoms with E-state index >= 15 is 0 Å². The standard InChI is InChI=1S/C20H18F2N6OS/c1-10-4-3-5-13-14(10)26-19(30-13)17-15-12(23-9-24-15)6-7-28(17)20(29)11-8-25-27(2)16(11)18(21)22/h3-5,8-9,17-18H,6-7H2,1-2H3,(H,23,24)/t17-/m0/s1. The Balaban J connectivity index is 1.64. The molecule has 1 N–H and O–H groups in total. The lowest BCUT2D eigenvalue weighted by molar-refractivity contribution is 0.0677. The van der Waals surface area contributed by atoms with Crippen molar-refractivity contribution in [3.63, 3.8) is 0 Å². The van der Waals surface area contributed by atoms with E-state index in [0.29, 0.717) is 23.7 Å². The Labute approximate surface area is 174 Å². The van der Waals surface area contributed by atoms with Crippen molar-refractivity contribution in [3.05, 3.63) is 63.9 Å². The van der Waals surface area contributed by atoms with Crippen LogP contribution in [0.2, 0.25) is 0 Å². The van der Waals surface area contributed by atoms with E-state index in [2.05, 4.69) is 15.1 Å². The van der Waals surface area contributed by atoms with Gasteiger partial charge in [0.05, 0.1) is 34.0 Å². The summed E-state index contributed by atoms with van der Waals surface area (Å²) < 4.78 is 29.2. The zero-order valence-corrected chi connectivity index (χ0v) is 17.1. The number of carbonyl (C=O) groups excluding carboxylic acids is 1. The third-order valence-electron chi connectivity index (χ3n) is 5.48. The van der Waals surface area contributed by atoms with Crippen LogP contribution in [0.15, 0.2) is 30.7 Å². The Morgan fingerprint density at radius 2 is 2.20 bits per heavy atom. The molecule has 1 aliphatic heterocycles. The molecule has 1 amide bonds. The molecular formula is C20H18F2N6OS. The van der Waals surface area contributed by atoms with E-state index < -0.39 is 18.4 Å². The maximum absolute atomic E-state index is 13.6. The summed E-state index contributed by atoms with van der Waals surface area (Å²) in [5.74, 6) is -0.493. The average molecular weight is 428 g/mol. The second-order valence-electron chi connectivity index (χ2n) is 7.26. The van der Waals surface area contributed by atoms with Crippen LogP contribution in [0.3, 0.4) is 0 Å². The summed E-state index contributed by atoms with van der Waals surface area (Å²) >= 11 is 1.49. The quantitative estimate of drug-likeness (QED) is 0.539. The van der Waals surface area contributed by atoms with Crippen LogP contribution in [0.4, 0.5) is 8.78 Å². The van der Waals surface area contributed by atoms with Gasteiger partial charge in [-0.1, -0.05) is 12.1 Å². The zero-order valence-electron chi connectivity index (χ0n) is 16.3. The van der Waals surface area contributed by atoms with Gasteiger partial charge < -0.3 is 9.88 Å². The number of imidazole rings is 1. The summed E-state index contributed by atoms with van der Waals surface area (Å²) in [6, 6.07) is 5.39. The van der Waals surface area contributed by atoms with E-state index in [-0.39, 0.29) is 11.3 Å². The van der Waals surface area contributed by atoms with Crippen LogP contribution < -0.4 is 0 Å². The van der Waals surface area contributed by atoms with Gasteiger partial charge in [0.1, 0.15) is 16.7 Å². The number of carbonyl (C=O) groups is 1. The molecule has 0 saturated heterocycles. The van der Waals surface area contributed by atoms with Crippen LogP contribution in [0.1, 0.15) is 50.5 Å². The largest absolute Gasteiger partial charge is 0.348 e. The molecule has 1 aromatic carbocycles. The molecule has 0 aliphatic carbocycles. The molecule has 3 aromatic heterocycles. The predicted molar refractivity (Wildman–Crippen MR) is 108 cm³/mol. The molecular weight excluding hydrogens is 410 g/mol. The van der Waals surface area contributed by atoms with Crippen molar-refractivity contribution in [1.29, 1.82) is 0 Å². The van der Waals surface area contributed by atoms with Gasteiger partial charge >= 0.3 is 0 Å². The number of alkyl halides is 2. The second kappa shape index (κ2) is 6.98. The van der Waals surface area contributed by atoms with E-state index in [1.54, 1.807) is 11.2 Å². The fraction of sp³-hybridized carbons (Fsp3) is 0.300. The molecule has 0 bridgehead atoms. The molecule has 0 saturated carbocycles. The number of nitrogens with zero attached hydrogens (tertiary/aromatic N) is 5. The molecule has 0 radical (unpaired) electrons. The highest BCUT2D eigenvalue weighted by molar-refractivity contribution is 7.18. The van der Waals surface area contributed by atoms with Crippen molar-refractivity contribution in [3.8, 4) is 0 Å². The minimum absolute atomic E-state index is 0.0891. The van der Waals surface area contributed by atoms with Crippen LogP contribution in [0.25, 0.3) is 10.2 Å². The van der Waals surface area contributed by atoms with Crippen molar-refractivity contribution in [2.75, 3.05) is 6.54 Å². The summed E-state index contributed by atoms with van der Waals surface area (Å²) in [4.78, 5) is 27.4. The number of aromatic nitrogens is 5. The number of aryl methyl sites for hydroxylation is 2. The fourth-order valence-corrected chi connectivity index (χ4v) is 5.15. The number of rotatable bonds is 3. The predicted octanol–water partition coefficient (Wildman–Crippen LogP) is 3.79. The Morgan fingerprint density at radius 1 is 1.37 bits per heavy atom. The van der Waals surface area contributed by atoms with Gasteiger partial charge in [0.15, 0.2) is 0 Å². The number of fused-ring (bicyclic) bond motifs is 2. The fourth-order valence-electron chi connectivity index (χ4n) is 3.99. The lowest BCUT2D eigenvalue weighted by Gasteiger charge is -2.33. The third-order valence-corrected chi connectivity index (χ3v) is 6.55. The number of nitrogens with one attached hydrogen (secondary N) is 1. The molecule has 0 fully saturated rings. The van der Waals surface area contributed by atoms with E-state index in [0.717, 1.165) is 26.2 Å². The first kappa shape index (κ1) is 18.9.